The number of carbonyl (C=O) groups is 1. The number of fused-ring (bicyclic) bond motifs is 1. The predicted octanol–water partition coefficient (Wildman–Crippen LogP) is 2.08. The molecule has 5 rings (SSSR count). The lowest BCUT2D eigenvalue weighted by molar-refractivity contribution is -0.765. The van der Waals surface area contributed by atoms with Crippen molar-refractivity contribution in [1.29, 1.82) is 0 Å². The van der Waals surface area contributed by atoms with Gasteiger partial charge in [0.05, 0.1) is 37.7 Å². The molecular weight excluding hydrogens is 620 g/mol. The summed E-state index contributed by atoms with van der Waals surface area (Å²) in [6.45, 7) is 6.76. The van der Waals surface area contributed by atoms with E-state index in [2.05, 4.69) is 19.3 Å². The molecule has 44 heavy (non-hydrogen) atoms. The third-order valence-electron chi connectivity index (χ3n) is 8.43. The molecular formula is C25H36N7O10P2+. The minimum absolute atomic E-state index is 0.0901. The molecule has 10 atom stereocenters. The number of hydrogen-bond acceptors (Lipinski definition) is 12. The summed E-state index contributed by atoms with van der Waals surface area (Å²) in [5.74, 6) is -0.881. The van der Waals surface area contributed by atoms with E-state index in [1.165, 1.54) is 12.7 Å². The summed E-state index contributed by atoms with van der Waals surface area (Å²) in [7, 11) is -10.1. The molecule has 1 amide bonds. The van der Waals surface area contributed by atoms with Crippen LogP contribution >= 0.6 is 15.6 Å². The first kappa shape index (κ1) is 32.5. The van der Waals surface area contributed by atoms with Gasteiger partial charge in [0.2, 0.25) is 0 Å². The Morgan fingerprint density at radius 1 is 1.00 bits per heavy atom. The van der Waals surface area contributed by atoms with Crippen LogP contribution in [0.1, 0.15) is 50.5 Å². The van der Waals surface area contributed by atoms with Crippen molar-refractivity contribution < 1.29 is 51.1 Å². The van der Waals surface area contributed by atoms with Crippen LogP contribution in [0.4, 0.5) is 5.82 Å². The van der Waals surface area contributed by atoms with Crippen molar-refractivity contribution >= 4 is 38.5 Å². The van der Waals surface area contributed by atoms with Gasteiger partial charge in [0.1, 0.15) is 23.6 Å². The Balaban J connectivity index is 1.16. The van der Waals surface area contributed by atoms with E-state index in [0.717, 1.165) is 0 Å². The number of ether oxygens (including phenoxy) is 2. The monoisotopic (exact) mass is 656 g/mol. The maximum atomic E-state index is 12.7. The van der Waals surface area contributed by atoms with E-state index in [-0.39, 0.29) is 29.5 Å². The van der Waals surface area contributed by atoms with Crippen molar-refractivity contribution in [2.24, 2.45) is 29.4 Å². The Morgan fingerprint density at radius 2 is 1.64 bits per heavy atom. The van der Waals surface area contributed by atoms with Gasteiger partial charge in [-0.05, 0) is 17.9 Å². The fraction of sp³-hybridized carbons (Fsp3) is 0.560. The molecule has 0 saturated carbocycles. The lowest BCUT2D eigenvalue weighted by Crippen LogP contribution is -2.42. The van der Waals surface area contributed by atoms with Crippen LogP contribution in [0, 0.1) is 23.7 Å². The maximum absolute atomic E-state index is 12.7. The van der Waals surface area contributed by atoms with Crippen molar-refractivity contribution in [3.8, 4) is 0 Å². The van der Waals surface area contributed by atoms with Crippen LogP contribution in [0.15, 0.2) is 37.2 Å². The Bertz CT molecular complexity index is 1620. The van der Waals surface area contributed by atoms with Crippen LogP contribution < -0.4 is 16.0 Å². The summed E-state index contributed by atoms with van der Waals surface area (Å²) in [5.41, 5.74) is 12.4. The van der Waals surface area contributed by atoms with Gasteiger partial charge in [-0.25, -0.2) is 24.1 Å². The molecule has 3 aromatic rings. The van der Waals surface area contributed by atoms with Crippen LogP contribution in [0.25, 0.3) is 11.2 Å². The fourth-order valence-electron chi connectivity index (χ4n) is 5.46. The third-order valence-corrected chi connectivity index (χ3v) is 11.0. The second-order valence-electron chi connectivity index (χ2n) is 11.2. The number of rotatable bonds is 11. The van der Waals surface area contributed by atoms with Crippen LogP contribution in [0.3, 0.4) is 0 Å². The number of nitrogen functional groups attached to an aromatic ring is 1. The van der Waals surface area contributed by atoms with Gasteiger partial charge in [0.25, 0.3) is 12.1 Å². The molecule has 2 aliphatic heterocycles. The smallest absolute Gasteiger partial charge is 0.382 e. The van der Waals surface area contributed by atoms with Gasteiger partial charge in [0.15, 0.2) is 23.9 Å². The van der Waals surface area contributed by atoms with E-state index in [4.69, 9.17) is 30.0 Å². The molecule has 19 heteroatoms. The molecule has 17 nitrogen and oxygen atoms in total. The van der Waals surface area contributed by atoms with Gasteiger partial charge < -0.3 is 30.7 Å². The first-order valence-electron chi connectivity index (χ1n) is 13.9. The Hall–Kier alpha value is -2.85. The zero-order valence-corrected chi connectivity index (χ0v) is 26.2. The number of phosphoric ester groups is 2. The minimum Gasteiger partial charge on any atom is -0.382 e. The number of nitrogens with zero attached hydrogens (tertiary/aromatic N) is 5. The summed E-state index contributed by atoms with van der Waals surface area (Å²) >= 11 is 0. The summed E-state index contributed by atoms with van der Waals surface area (Å²) in [6.07, 6.45) is 3.70. The lowest BCUT2D eigenvalue weighted by Gasteiger charge is -2.21. The number of hydrogen-bond donors (Lipinski definition) is 4. The lowest BCUT2D eigenvalue weighted by atomic mass is 9.93. The second kappa shape index (κ2) is 12.5. The molecule has 2 aliphatic rings. The molecule has 2 saturated heterocycles. The van der Waals surface area contributed by atoms with Crippen molar-refractivity contribution in [3.05, 3.63) is 42.7 Å². The zero-order chi connectivity index (χ0) is 32.0. The average Bonchev–Trinajstić information content (AvgIpc) is 3.61. The molecule has 0 aliphatic carbocycles. The van der Waals surface area contributed by atoms with Crippen LogP contribution in [-0.4, -0.2) is 60.6 Å². The summed E-state index contributed by atoms with van der Waals surface area (Å²) in [6, 6.07) is 3.23. The quantitative estimate of drug-likeness (QED) is 0.171. The van der Waals surface area contributed by atoms with E-state index in [1.54, 1.807) is 33.7 Å². The fourth-order valence-corrected chi connectivity index (χ4v) is 7.55. The molecule has 0 bridgehead atoms. The predicted molar refractivity (Wildman–Crippen MR) is 152 cm³/mol. The first-order valence-corrected chi connectivity index (χ1v) is 16.9. The number of anilines is 1. The molecule has 10 unspecified atom stereocenters. The van der Waals surface area contributed by atoms with Crippen molar-refractivity contribution in [2.75, 3.05) is 18.9 Å². The summed E-state index contributed by atoms with van der Waals surface area (Å²) < 4.78 is 55.5. The SMILES string of the molecule is CC1C(COP(=O)(O)OP(=O)(O)OCC2OC([n+]3cccc(C(N)=O)c3)C(C)C2C)OC(n2cnc3c(N)ncnc32)C1C. The number of amides is 1. The highest BCUT2D eigenvalue weighted by Crippen LogP contribution is 2.61. The molecule has 0 spiro atoms. The van der Waals surface area contributed by atoms with E-state index in [1.807, 2.05) is 27.7 Å². The van der Waals surface area contributed by atoms with Gasteiger partial charge in [-0.3, -0.25) is 18.4 Å². The summed E-state index contributed by atoms with van der Waals surface area (Å²) in [4.78, 5) is 44.5. The van der Waals surface area contributed by atoms with Crippen molar-refractivity contribution in [3.63, 3.8) is 0 Å². The normalized spacial score (nSPS) is 31.6. The first-order chi connectivity index (χ1) is 20.7. The van der Waals surface area contributed by atoms with E-state index < -0.39 is 59.4 Å². The third kappa shape index (κ3) is 6.71. The molecule has 2 fully saturated rings. The van der Waals surface area contributed by atoms with Gasteiger partial charge in [-0.1, -0.05) is 27.7 Å². The van der Waals surface area contributed by atoms with E-state index in [0.29, 0.717) is 16.7 Å². The number of pyridine rings is 1. The highest BCUT2D eigenvalue weighted by Gasteiger charge is 2.47. The number of aromatic nitrogens is 5. The summed E-state index contributed by atoms with van der Waals surface area (Å²) in [5, 5.41) is 0. The van der Waals surface area contributed by atoms with Crippen molar-refractivity contribution in [1.82, 2.24) is 19.5 Å². The largest absolute Gasteiger partial charge is 0.481 e. The van der Waals surface area contributed by atoms with Crippen LogP contribution in [0.2, 0.25) is 0 Å². The molecule has 5 heterocycles. The zero-order valence-electron chi connectivity index (χ0n) is 24.4. The second-order valence-corrected chi connectivity index (χ2v) is 14.2. The molecule has 240 valence electrons. The number of phosphoric acid groups is 2. The van der Waals surface area contributed by atoms with Gasteiger partial charge in [0, 0.05) is 12.0 Å². The number of primary amides is 1. The van der Waals surface area contributed by atoms with Gasteiger partial charge in [-0.2, -0.15) is 8.88 Å². The average molecular weight is 657 g/mol. The molecule has 3 aromatic heterocycles. The van der Waals surface area contributed by atoms with E-state index in [9.17, 15) is 23.7 Å². The van der Waals surface area contributed by atoms with Crippen molar-refractivity contribution in [2.45, 2.75) is 52.4 Å². The van der Waals surface area contributed by atoms with E-state index >= 15 is 0 Å². The minimum atomic E-state index is -5.06. The Kier molecular flexibility index (Phi) is 9.25. The molecule has 0 radical (unpaired) electrons. The van der Waals surface area contributed by atoms with Crippen LogP contribution in [-0.2, 0) is 32.0 Å². The van der Waals surface area contributed by atoms with Gasteiger partial charge >= 0.3 is 15.6 Å². The Morgan fingerprint density at radius 3 is 2.30 bits per heavy atom. The Labute approximate surface area is 252 Å². The van der Waals surface area contributed by atoms with Crippen LogP contribution in [0.5, 0.6) is 0 Å². The number of nitrogens with two attached hydrogens (primary N) is 2. The standard InChI is InChI=1S/C25H35N7O10P2/c1-13-15(3)24(31-7-5-6-17(8-31)22(27)33)40-18(13)9-38-43(34,35)42-44(36,37)39-10-19-14(2)16(4)25(41-19)32-12-30-20-21(26)28-11-29-23(20)32/h5-8,11-16,18-19,24-25H,9-10H2,1-4H3,(H5-,26,27,28,29,33,34,35,36,37)/p+1. The highest BCUT2D eigenvalue weighted by molar-refractivity contribution is 7.61. The molecule has 6 N–H and O–H groups in total. The van der Waals surface area contributed by atoms with Gasteiger partial charge in [-0.15, -0.1) is 0 Å². The maximum Gasteiger partial charge on any atom is 0.481 e. The molecule has 0 aromatic carbocycles. The number of imidazole rings is 1. The highest BCUT2D eigenvalue weighted by atomic mass is 31.3. The number of carbonyl (C=O) groups excluding carboxylic acids is 1. The topological polar surface area (TPSA) is 237 Å².